The normalized spacial score (nSPS) is 20.4. The number of piperidine rings is 1. The number of hydrogen-bond acceptors (Lipinski definition) is 4. The molecule has 0 radical (unpaired) electrons. The third-order valence-corrected chi connectivity index (χ3v) is 5.24. The van der Waals surface area contributed by atoms with Crippen LogP contribution in [0.15, 0.2) is 24.3 Å². The second kappa shape index (κ2) is 9.50. The quantitative estimate of drug-likeness (QED) is 0.698. The van der Waals surface area contributed by atoms with Crippen molar-refractivity contribution < 1.29 is 24.0 Å². The van der Waals surface area contributed by atoms with Gasteiger partial charge in [-0.25, -0.2) is 0 Å². The smallest absolute Gasteiger partial charge is 0.309 e. The lowest BCUT2D eigenvalue weighted by Crippen LogP contribution is -3.17. The van der Waals surface area contributed by atoms with Crippen molar-refractivity contribution in [1.82, 2.24) is 4.90 Å². The van der Waals surface area contributed by atoms with Crippen molar-refractivity contribution in [2.45, 2.75) is 32.7 Å². The van der Waals surface area contributed by atoms with Gasteiger partial charge in [0.2, 0.25) is 5.91 Å². The zero-order valence-corrected chi connectivity index (χ0v) is 16.6. The molecule has 0 saturated carbocycles. The molecule has 1 fully saturated rings. The van der Waals surface area contributed by atoms with Gasteiger partial charge in [-0.15, -0.1) is 0 Å². The third kappa shape index (κ3) is 5.79. The monoisotopic (exact) mass is 376 g/mol. The van der Waals surface area contributed by atoms with Crippen molar-refractivity contribution in [1.29, 1.82) is 0 Å². The van der Waals surface area contributed by atoms with Crippen LogP contribution in [0.2, 0.25) is 0 Å². The Morgan fingerprint density at radius 1 is 1.22 bits per heavy atom. The van der Waals surface area contributed by atoms with Crippen LogP contribution < -0.4 is 10.2 Å². The number of anilines is 1. The van der Waals surface area contributed by atoms with Gasteiger partial charge in [0.1, 0.15) is 0 Å². The molecular formula is C20H30N3O4+. The van der Waals surface area contributed by atoms with Gasteiger partial charge in [0.05, 0.1) is 32.7 Å². The summed E-state index contributed by atoms with van der Waals surface area (Å²) in [6.45, 7) is 5.36. The molecule has 0 bridgehead atoms. The predicted octanol–water partition coefficient (Wildman–Crippen LogP) is 0.248. The Hall–Kier alpha value is -2.41. The van der Waals surface area contributed by atoms with Gasteiger partial charge in [0, 0.05) is 25.6 Å². The van der Waals surface area contributed by atoms with Crippen molar-refractivity contribution in [3.05, 3.63) is 29.8 Å². The zero-order chi connectivity index (χ0) is 20.0. The van der Waals surface area contributed by atoms with Gasteiger partial charge < -0.3 is 19.9 Å². The maximum Gasteiger partial charge on any atom is 0.309 e. The number of aryl methyl sites for hydroxylation is 1. The number of carbonyl (C=O) groups excluding carboxylic acids is 3. The largest absolute Gasteiger partial charge is 0.469 e. The van der Waals surface area contributed by atoms with Crippen molar-refractivity contribution in [3.63, 3.8) is 0 Å². The molecule has 2 rings (SSSR count). The van der Waals surface area contributed by atoms with Crippen LogP contribution in [-0.4, -0.2) is 62.5 Å². The van der Waals surface area contributed by atoms with Crippen LogP contribution in [0.25, 0.3) is 0 Å². The molecule has 1 atom stereocenters. The molecule has 7 heteroatoms. The van der Waals surface area contributed by atoms with E-state index in [4.69, 9.17) is 4.74 Å². The third-order valence-electron chi connectivity index (χ3n) is 5.24. The summed E-state index contributed by atoms with van der Waals surface area (Å²) < 4.78 is 4.80. The number of esters is 1. The number of carbonyl (C=O) groups is 3. The fourth-order valence-corrected chi connectivity index (χ4v) is 3.46. The van der Waals surface area contributed by atoms with Crippen LogP contribution in [-0.2, 0) is 19.1 Å². The van der Waals surface area contributed by atoms with Crippen LogP contribution in [0.4, 0.5) is 5.69 Å². The van der Waals surface area contributed by atoms with E-state index < -0.39 is 0 Å². The summed E-state index contributed by atoms with van der Waals surface area (Å²) in [6.07, 6.45) is 1.44. The lowest BCUT2D eigenvalue weighted by Gasteiger charge is -2.33. The van der Waals surface area contributed by atoms with E-state index in [9.17, 15) is 14.4 Å². The molecule has 1 aromatic carbocycles. The number of methoxy groups -OCH3 is 1. The number of hydrogen-bond donors (Lipinski definition) is 2. The van der Waals surface area contributed by atoms with Crippen LogP contribution in [0.3, 0.4) is 0 Å². The predicted molar refractivity (Wildman–Crippen MR) is 102 cm³/mol. The molecule has 148 valence electrons. The van der Waals surface area contributed by atoms with Crippen LogP contribution >= 0.6 is 0 Å². The maximum atomic E-state index is 12.7. The van der Waals surface area contributed by atoms with Crippen molar-refractivity contribution in [3.8, 4) is 0 Å². The number of amides is 2. The summed E-state index contributed by atoms with van der Waals surface area (Å²) in [5, 5.41) is 2.81. The fourth-order valence-electron chi connectivity index (χ4n) is 3.46. The molecule has 2 amide bonds. The molecule has 1 aliphatic rings. The second-order valence-electron chi connectivity index (χ2n) is 7.29. The molecule has 1 aliphatic heterocycles. The summed E-state index contributed by atoms with van der Waals surface area (Å²) in [5.41, 5.74) is 1.84. The van der Waals surface area contributed by atoms with Gasteiger partial charge >= 0.3 is 5.97 Å². The van der Waals surface area contributed by atoms with E-state index in [-0.39, 0.29) is 36.3 Å². The molecule has 0 unspecified atom stereocenters. The van der Waals surface area contributed by atoms with Crippen molar-refractivity contribution >= 4 is 23.5 Å². The Kier molecular flexibility index (Phi) is 7.36. The minimum Gasteiger partial charge on any atom is -0.469 e. The molecule has 1 aromatic rings. The summed E-state index contributed by atoms with van der Waals surface area (Å²) in [6, 6.07) is 7.28. The SMILES string of the molecule is COC(=O)C1CC[NH+]([C@H](C)C(=O)N(C)CC(=O)Nc2ccc(C)cc2)CC1. The molecule has 1 heterocycles. The highest BCUT2D eigenvalue weighted by molar-refractivity contribution is 5.94. The number of nitrogens with one attached hydrogen (secondary N) is 2. The van der Waals surface area contributed by atoms with Crippen molar-refractivity contribution in [2.24, 2.45) is 5.92 Å². The first-order valence-corrected chi connectivity index (χ1v) is 9.35. The maximum absolute atomic E-state index is 12.7. The van der Waals surface area contributed by atoms with Gasteiger partial charge in [-0.3, -0.25) is 14.4 Å². The number of ether oxygens (including phenoxy) is 1. The average molecular weight is 376 g/mol. The van der Waals surface area contributed by atoms with E-state index in [1.807, 2.05) is 38.1 Å². The molecular weight excluding hydrogens is 346 g/mol. The Bertz CT molecular complexity index is 666. The van der Waals surface area contributed by atoms with E-state index in [1.165, 1.54) is 12.0 Å². The first kappa shape index (κ1) is 20.9. The summed E-state index contributed by atoms with van der Waals surface area (Å²) >= 11 is 0. The minimum absolute atomic E-state index is 0.00904. The van der Waals surface area contributed by atoms with Crippen LogP contribution in [0.5, 0.6) is 0 Å². The van der Waals surface area contributed by atoms with Gasteiger partial charge in [0.15, 0.2) is 6.04 Å². The molecule has 0 aromatic heterocycles. The standard InChI is InChI=1S/C20H29N3O4/c1-14-5-7-17(8-6-14)21-18(24)13-22(3)19(25)15(2)23-11-9-16(10-12-23)20(26)27-4/h5-8,15-16H,9-13H2,1-4H3,(H,21,24)/p+1/t15-/m1/s1. The van der Waals surface area contributed by atoms with Gasteiger partial charge in [-0.05, 0) is 26.0 Å². The first-order valence-electron chi connectivity index (χ1n) is 9.35. The minimum atomic E-state index is -0.249. The summed E-state index contributed by atoms with van der Waals surface area (Å²) in [4.78, 5) is 39.1. The van der Waals surface area contributed by atoms with Gasteiger partial charge in [-0.2, -0.15) is 0 Å². The Morgan fingerprint density at radius 3 is 2.37 bits per heavy atom. The average Bonchev–Trinajstić information content (AvgIpc) is 2.68. The van der Waals surface area contributed by atoms with E-state index in [0.29, 0.717) is 0 Å². The lowest BCUT2D eigenvalue weighted by molar-refractivity contribution is -0.920. The van der Waals surface area contributed by atoms with Gasteiger partial charge in [0.25, 0.3) is 5.91 Å². The highest BCUT2D eigenvalue weighted by Gasteiger charge is 2.34. The number of likely N-dealkylation sites (N-methyl/N-ethyl adjacent to an activating group) is 1. The number of benzene rings is 1. The summed E-state index contributed by atoms with van der Waals surface area (Å²) in [5.74, 6) is -0.529. The molecule has 1 saturated heterocycles. The highest BCUT2D eigenvalue weighted by Crippen LogP contribution is 2.12. The topological polar surface area (TPSA) is 80.2 Å². The zero-order valence-electron chi connectivity index (χ0n) is 16.6. The van der Waals surface area contributed by atoms with Crippen molar-refractivity contribution in [2.75, 3.05) is 39.1 Å². The summed E-state index contributed by atoms with van der Waals surface area (Å²) in [7, 11) is 3.05. The Balaban J connectivity index is 1.82. The van der Waals surface area contributed by atoms with E-state index >= 15 is 0 Å². The number of quaternary nitrogens is 1. The number of nitrogens with zero attached hydrogens (tertiary/aromatic N) is 1. The molecule has 0 spiro atoms. The fraction of sp³-hybridized carbons (Fsp3) is 0.550. The highest BCUT2D eigenvalue weighted by atomic mass is 16.5. The molecule has 2 N–H and O–H groups in total. The second-order valence-corrected chi connectivity index (χ2v) is 7.29. The molecule has 27 heavy (non-hydrogen) atoms. The van der Waals surface area contributed by atoms with E-state index in [0.717, 1.165) is 42.1 Å². The van der Waals surface area contributed by atoms with E-state index in [2.05, 4.69) is 5.32 Å². The molecule has 0 aliphatic carbocycles. The lowest BCUT2D eigenvalue weighted by atomic mass is 9.96. The van der Waals surface area contributed by atoms with Crippen LogP contribution in [0, 0.1) is 12.8 Å². The van der Waals surface area contributed by atoms with E-state index in [1.54, 1.807) is 7.05 Å². The molecule has 7 nitrogen and oxygen atoms in total. The first-order chi connectivity index (χ1) is 12.8. The number of likely N-dealkylation sites (tertiary alicyclic amines) is 1. The van der Waals surface area contributed by atoms with Gasteiger partial charge in [-0.1, -0.05) is 17.7 Å². The Labute approximate surface area is 160 Å². The number of rotatable bonds is 6. The Morgan fingerprint density at radius 2 is 1.81 bits per heavy atom. The van der Waals surface area contributed by atoms with Crippen LogP contribution in [0.1, 0.15) is 25.3 Å².